The molecule has 0 amide bonds. The molecule has 0 saturated carbocycles. The first-order valence-corrected chi connectivity index (χ1v) is 8.44. The average molecular weight is 300 g/mol. The van der Waals surface area contributed by atoms with E-state index in [1.165, 1.54) is 0 Å². The van der Waals surface area contributed by atoms with Gasteiger partial charge in [-0.25, -0.2) is 17.9 Å². The molecule has 7 heteroatoms. The Kier molecular flexibility index (Phi) is 3.22. The molecule has 5 nitrogen and oxygen atoms in total. The van der Waals surface area contributed by atoms with Crippen molar-refractivity contribution in [2.75, 3.05) is 11.5 Å². The molecule has 0 aromatic carbocycles. The third kappa shape index (κ3) is 2.74. The molecule has 1 aliphatic rings. The lowest BCUT2D eigenvalue weighted by atomic mass is 9.99. The second-order valence-electron chi connectivity index (χ2n) is 4.95. The summed E-state index contributed by atoms with van der Waals surface area (Å²) in [5.74, 6) is 1.65. The van der Waals surface area contributed by atoms with Crippen molar-refractivity contribution >= 4 is 27.1 Å². The Hall–Kier alpha value is -1.14. The Bertz CT molecular complexity index is 697. The maximum atomic E-state index is 11.4. The van der Waals surface area contributed by atoms with Gasteiger partial charge in [0.1, 0.15) is 15.0 Å². The summed E-state index contributed by atoms with van der Waals surface area (Å²) in [4.78, 5) is 4.42. The second-order valence-corrected chi connectivity index (χ2v) is 7.64. The lowest BCUT2D eigenvalue weighted by Crippen LogP contribution is -2.24. The number of halogens is 1. The van der Waals surface area contributed by atoms with Gasteiger partial charge in [-0.2, -0.15) is 0 Å². The highest BCUT2D eigenvalue weighted by Gasteiger charge is 2.24. The van der Waals surface area contributed by atoms with E-state index in [0.29, 0.717) is 30.3 Å². The monoisotopic (exact) mass is 299 g/mol. The third-order valence-electron chi connectivity index (χ3n) is 3.50. The predicted molar refractivity (Wildman–Crippen MR) is 73.1 cm³/mol. The molecular formula is C12H14ClN3O2S. The smallest absolute Gasteiger partial charge is 0.157 e. The molecule has 0 spiro atoms. The van der Waals surface area contributed by atoms with Crippen molar-refractivity contribution in [2.24, 2.45) is 5.92 Å². The number of hydrogen-bond donors (Lipinski definition) is 0. The summed E-state index contributed by atoms with van der Waals surface area (Å²) in [6, 6.07) is 5.46. The largest absolute Gasteiger partial charge is 0.229 e. The molecule has 2 aromatic rings. The van der Waals surface area contributed by atoms with E-state index in [-0.39, 0.29) is 11.5 Å². The Balaban J connectivity index is 1.77. The molecule has 3 heterocycles. The average Bonchev–Trinajstić information content (AvgIpc) is 2.76. The number of pyridine rings is 1. The van der Waals surface area contributed by atoms with Crippen LogP contribution in [0, 0.1) is 5.92 Å². The molecule has 1 aliphatic heterocycles. The third-order valence-corrected chi connectivity index (χ3v) is 5.50. The molecule has 1 saturated heterocycles. The zero-order valence-electron chi connectivity index (χ0n) is 10.3. The molecule has 0 unspecified atom stereocenters. The second kappa shape index (κ2) is 4.76. The number of nitrogens with zero attached hydrogens (tertiary/aromatic N) is 3. The van der Waals surface area contributed by atoms with Gasteiger partial charge in [0, 0.05) is 6.42 Å². The summed E-state index contributed by atoms with van der Waals surface area (Å²) < 4.78 is 24.4. The summed E-state index contributed by atoms with van der Waals surface area (Å²) in [5.41, 5.74) is 0.728. The zero-order chi connectivity index (χ0) is 13.5. The van der Waals surface area contributed by atoms with E-state index in [0.717, 1.165) is 11.5 Å². The van der Waals surface area contributed by atoms with Crippen molar-refractivity contribution < 1.29 is 8.42 Å². The maximum absolute atomic E-state index is 11.4. The van der Waals surface area contributed by atoms with Crippen LogP contribution >= 0.6 is 11.6 Å². The van der Waals surface area contributed by atoms with Crippen molar-refractivity contribution in [2.45, 2.75) is 19.3 Å². The van der Waals surface area contributed by atoms with Crippen LogP contribution in [0.2, 0.25) is 5.15 Å². The summed E-state index contributed by atoms with van der Waals surface area (Å²) in [6.07, 6.45) is 2.12. The van der Waals surface area contributed by atoms with Gasteiger partial charge in [-0.1, -0.05) is 17.7 Å². The summed E-state index contributed by atoms with van der Waals surface area (Å²) in [7, 11) is -2.81. The van der Waals surface area contributed by atoms with Crippen molar-refractivity contribution in [3.8, 4) is 0 Å². The molecule has 0 bridgehead atoms. The highest BCUT2D eigenvalue weighted by Crippen LogP contribution is 2.22. The molecule has 19 heavy (non-hydrogen) atoms. The van der Waals surface area contributed by atoms with Gasteiger partial charge in [0.05, 0.1) is 11.5 Å². The Morgan fingerprint density at radius 1 is 1.32 bits per heavy atom. The first kappa shape index (κ1) is 12.9. The van der Waals surface area contributed by atoms with E-state index < -0.39 is 9.84 Å². The molecule has 3 rings (SSSR count). The van der Waals surface area contributed by atoms with E-state index >= 15 is 0 Å². The molecule has 102 valence electrons. The van der Waals surface area contributed by atoms with Crippen LogP contribution in [0.25, 0.3) is 5.65 Å². The number of rotatable bonds is 2. The van der Waals surface area contributed by atoms with Gasteiger partial charge in [-0.3, -0.25) is 0 Å². The van der Waals surface area contributed by atoms with E-state index in [9.17, 15) is 8.42 Å². The zero-order valence-corrected chi connectivity index (χ0v) is 11.9. The first-order chi connectivity index (χ1) is 9.03. The van der Waals surface area contributed by atoms with Crippen LogP contribution in [0.3, 0.4) is 0 Å². The van der Waals surface area contributed by atoms with Gasteiger partial charge < -0.3 is 0 Å². The molecule has 0 aliphatic carbocycles. The minimum absolute atomic E-state index is 0.284. The van der Waals surface area contributed by atoms with E-state index in [1.54, 1.807) is 10.6 Å². The van der Waals surface area contributed by atoms with Gasteiger partial charge in [-0.05, 0) is 30.9 Å². The van der Waals surface area contributed by atoms with Gasteiger partial charge in [0.25, 0.3) is 0 Å². The topological polar surface area (TPSA) is 64.3 Å². The Labute approximate surface area is 116 Å². The lowest BCUT2D eigenvalue weighted by Gasteiger charge is -2.20. The molecule has 0 radical (unpaired) electrons. The lowest BCUT2D eigenvalue weighted by molar-refractivity contribution is 0.454. The molecule has 1 fully saturated rings. The minimum atomic E-state index is -2.81. The van der Waals surface area contributed by atoms with Gasteiger partial charge in [0.2, 0.25) is 0 Å². The van der Waals surface area contributed by atoms with Gasteiger partial charge in [-0.15, -0.1) is 5.10 Å². The van der Waals surface area contributed by atoms with Crippen molar-refractivity contribution in [1.82, 2.24) is 14.6 Å². The van der Waals surface area contributed by atoms with E-state index in [1.807, 2.05) is 12.1 Å². The Morgan fingerprint density at radius 2 is 2.05 bits per heavy atom. The van der Waals surface area contributed by atoms with Crippen LogP contribution in [0.1, 0.15) is 18.7 Å². The normalized spacial score (nSPS) is 19.8. The number of hydrogen-bond acceptors (Lipinski definition) is 4. The number of aromatic nitrogens is 3. The fourth-order valence-electron chi connectivity index (χ4n) is 2.41. The summed E-state index contributed by atoms with van der Waals surface area (Å²) in [6.45, 7) is 0. The highest BCUT2D eigenvalue weighted by atomic mass is 35.5. The van der Waals surface area contributed by atoms with Crippen molar-refractivity contribution in [1.29, 1.82) is 0 Å². The van der Waals surface area contributed by atoms with Crippen LogP contribution in [0.5, 0.6) is 0 Å². The standard InChI is InChI=1S/C12H14ClN3O2S/c13-10-2-1-3-12-14-11(15-16(10)12)8-9-4-6-19(17,18)7-5-9/h1-3,9H,4-8H2. The fraction of sp³-hybridized carbons (Fsp3) is 0.500. The minimum Gasteiger partial charge on any atom is -0.229 e. The van der Waals surface area contributed by atoms with Gasteiger partial charge in [0.15, 0.2) is 11.5 Å². The van der Waals surface area contributed by atoms with Crippen LogP contribution in [0.4, 0.5) is 0 Å². The molecule has 0 N–H and O–H groups in total. The van der Waals surface area contributed by atoms with Crippen molar-refractivity contribution in [3.63, 3.8) is 0 Å². The maximum Gasteiger partial charge on any atom is 0.157 e. The number of sulfone groups is 1. The van der Waals surface area contributed by atoms with Crippen LogP contribution in [-0.2, 0) is 16.3 Å². The fourth-order valence-corrected chi connectivity index (χ4v) is 4.19. The summed E-state index contributed by atoms with van der Waals surface area (Å²) in [5, 5.41) is 4.90. The molecule has 0 atom stereocenters. The van der Waals surface area contributed by atoms with Crippen LogP contribution < -0.4 is 0 Å². The van der Waals surface area contributed by atoms with E-state index in [4.69, 9.17) is 11.6 Å². The molecule has 2 aromatic heterocycles. The van der Waals surface area contributed by atoms with E-state index in [2.05, 4.69) is 10.1 Å². The quantitative estimate of drug-likeness (QED) is 0.793. The summed E-state index contributed by atoms with van der Waals surface area (Å²) >= 11 is 6.03. The van der Waals surface area contributed by atoms with Crippen LogP contribution in [-0.4, -0.2) is 34.5 Å². The van der Waals surface area contributed by atoms with Crippen LogP contribution in [0.15, 0.2) is 18.2 Å². The van der Waals surface area contributed by atoms with Crippen molar-refractivity contribution in [3.05, 3.63) is 29.2 Å². The van der Waals surface area contributed by atoms with Gasteiger partial charge >= 0.3 is 0 Å². The SMILES string of the molecule is O=S1(=O)CCC(Cc2nc3cccc(Cl)n3n2)CC1. The first-order valence-electron chi connectivity index (χ1n) is 6.24. The molecular weight excluding hydrogens is 286 g/mol. The predicted octanol–water partition coefficient (Wildman–Crippen LogP) is 1.75. The highest BCUT2D eigenvalue weighted by molar-refractivity contribution is 7.91. The Morgan fingerprint density at radius 3 is 2.74 bits per heavy atom. The number of fused-ring (bicyclic) bond motifs is 1.